The van der Waals surface area contributed by atoms with Gasteiger partial charge in [-0.05, 0) is 36.9 Å². The third-order valence-electron chi connectivity index (χ3n) is 2.72. The van der Waals surface area contributed by atoms with Crippen molar-refractivity contribution < 1.29 is 5.11 Å². The maximum absolute atomic E-state index is 9.12. The Labute approximate surface area is 95.8 Å². The third kappa shape index (κ3) is 2.17. The molecule has 2 heteroatoms. The van der Waals surface area contributed by atoms with Gasteiger partial charge in [-0.25, -0.2) is 0 Å². The van der Waals surface area contributed by atoms with Crippen LogP contribution in [0.4, 0.5) is 0 Å². The smallest absolute Gasteiger partial charge is 0.0682 e. The summed E-state index contributed by atoms with van der Waals surface area (Å²) < 4.78 is 2.20. The number of allylic oxidation sites excluding steroid dienone is 2. The van der Waals surface area contributed by atoms with Crippen molar-refractivity contribution in [2.45, 2.75) is 27.0 Å². The van der Waals surface area contributed by atoms with Crippen LogP contribution in [-0.2, 0) is 13.2 Å². The third-order valence-corrected chi connectivity index (χ3v) is 2.72. The van der Waals surface area contributed by atoms with E-state index in [1.54, 1.807) is 0 Å². The Kier molecular flexibility index (Phi) is 3.11. The van der Waals surface area contributed by atoms with E-state index in [0.29, 0.717) is 0 Å². The molecule has 0 atom stereocenters. The van der Waals surface area contributed by atoms with Gasteiger partial charge in [-0.1, -0.05) is 23.8 Å². The Morgan fingerprint density at radius 2 is 2.12 bits per heavy atom. The van der Waals surface area contributed by atoms with Crippen LogP contribution in [-0.4, -0.2) is 9.67 Å². The molecule has 1 heterocycles. The Hall–Kier alpha value is -1.54. The van der Waals surface area contributed by atoms with Gasteiger partial charge in [-0.3, -0.25) is 0 Å². The first-order valence-electron chi connectivity index (χ1n) is 5.52. The molecule has 0 spiro atoms. The number of hydrogen-bond donors (Lipinski definition) is 1. The Balaban J connectivity index is 2.41. The SMILES string of the molecule is CC(C)=CCn1ccc2ccc(CO)cc21. The minimum Gasteiger partial charge on any atom is -0.392 e. The van der Waals surface area contributed by atoms with Crippen LogP contribution in [0.25, 0.3) is 10.9 Å². The highest BCUT2D eigenvalue weighted by atomic mass is 16.3. The molecular formula is C14H17NO. The first-order valence-corrected chi connectivity index (χ1v) is 5.52. The van der Waals surface area contributed by atoms with Crippen LogP contribution in [0, 0.1) is 0 Å². The van der Waals surface area contributed by atoms with Crippen molar-refractivity contribution in [2.75, 3.05) is 0 Å². The summed E-state index contributed by atoms with van der Waals surface area (Å²) >= 11 is 0. The molecule has 16 heavy (non-hydrogen) atoms. The second kappa shape index (κ2) is 4.54. The van der Waals surface area contributed by atoms with Crippen LogP contribution < -0.4 is 0 Å². The lowest BCUT2D eigenvalue weighted by Gasteiger charge is -2.03. The molecule has 0 fully saturated rings. The van der Waals surface area contributed by atoms with Gasteiger partial charge >= 0.3 is 0 Å². The lowest BCUT2D eigenvalue weighted by Crippen LogP contribution is -1.94. The average Bonchev–Trinajstić information content (AvgIpc) is 2.68. The molecule has 0 aliphatic carbocycles. The molecule has 0 amide bonds. The van der Waals surface area contributed by atoms with E-state index >= 15 is 0 Å². The average molecular weight is 215 g/mol. The molecule has 0 saturated carbocycles. The Morgan fingerprint density at radius 1 is 1.31 bits per heavy atom. The maximum Gasteiger partial charge on any atom is 0.0682 e. The van der Waals surface area contributed by atoms with Crippen molar-refractivity contribution in [1.29, 1.82) is 0 Å². The topological polar surface area (TPSA) is 25.2 Å². The fourth-order valence-corrected chi connectivity index (χ4v) is 1.77. The number of hydrogen-bond acceptors (Lipinski definition) is 1. The highest BCUT2D eigenvalue weighted by Crippen LogP contribution is 2.18. The predicted molar refractivity (Wildman–Crippen MR) is 67.3 cm³/mol. The summed E-state index contributed by atoms with van der Waals surface area (Å²) in [5.74, 6) is 0. The minimum atomic E-state index is 0.101. The summed E-state index contributed by atoms with van der Waals surface area (Å²) in [5, 5.41) is 10.3. The van der Waals surface area contributed by atoms with Gasteiger partial charge in [0.05, 0.1) is 6.61 Å². The minimum absolute atomic E-state index is 0.101. The quantitative estimate of drug-likeness (QED) is 0.782. The van der Waals surface area contributed by atoms with Crippen LogP contribution >= 0.6 is 0 Å². The Bertz CT molecular complexity index is 519. The van der Waals surface area contributed by atoms with Crippen LogP contribution in [0.15, 0.2) is 42.1 Å². The predicted octanol–water partition coefficient (Wildman–Crippen LogP) is 3.10. The monoisotopic (exact) mass is 215 g/mol. The number of rotatable bonds is 3. The fraction of sp³-hybridized carbons (Fsp3) is 0.286. The molecule has 0 bridgehead atoms. The fourth-order valence-electron chi connectivity index (χ4n) is 1.77. The molecule has 0 aliphatic rings. The van der Waals surface area contributed by atoms with E-state index in [2.05, 4.69) is 42.8 Å². The highest BCUT2D eigenvalue weighted by Gasteiger charge is 2.00. The van der Waals surface area contributed by atoms with Crippen molar-refractivity contribution >= 4 is 10.9 Å². The number of aliphatic hydroxyl groups excluding tert-OH is 1. The molecule has 0 aliphatic heterocycles. The number of aliphatic hydroxyl groups is 1. The van der Waals surface area contributed by atoms with Gasteiger partial charge < -0.3 is 9.67 Å². The second-order valence-electron chi connectivity index (χ2n) is 4.30. The van der Waals surface area contributed by atoms with Gasteiger partial charge in [0.15, 0.2) is 0 Å². The number of benzene rings is 1. The van der Waals surface area contributed by atoms with Gasteiger partial charge in [0.2, 0.25) is 0 Å². The lowest BCUT2D eigenvalue weighted by molar-refractivity contribution is 0.282. The molecule has 0 radical (unpaired) electrons. The van der Waals surface area contributed by atoms with Crippen LogP contribution in [0.2, 0.25) is 0 Å². The van der Waals surface area contributed by atoms with Crippen LogP contribution in [0.1, 0.15) is 19.4 Å². The normalized spacial score (nSPS) is 10.7. The van der Waals surface area contributed by atoms with Crippen LogP contribution in [0.3, 0.4) is 0 Å². The standard InChI is InChI=1S/C14H17NO/c1-11(2)5-7-15-8-6-13-4-3-12(10-16)9-14(13)15/h3-6,8-9,16H,7,10H2,1-2H3. The molecule has 2 rings (SSSR count). The van der Waals surface area contributed by atoms with Gasteiger partial charge in [0.1, 0.15) is 0 Å². The van der Waals surface area contributed by atoms with E-state index in [-0.39, 0.29) is 6.61 Å². The van der Waals surface area contributed by atoms with Crippen LogP contribution in [0.5, 0.6) is 0 Å². The van der Waals surface area contributed by atoms with Crippen molar-refractivity contribution in [3.05, 3.63) is 47.7 Å². The summed E-state index contributed by atoms with van der Waals surface area (Å²) in [6.45, 7) is 5.19. The number of fused-ring (bicyclic) bond motifs is 1. The summed E-state index contributed by atoms with van der Waals surface area (Å²) in [4.78, 5) is 0. The molecule has 2 nitrogen and oxygen atoms in total. The van der Waals surface area contributed by atoms with E-state index in [1.165, 1.54) is 16.5 Å². The summed E-state index contributed by atoms with van der Waals surface area (Å²) in [6.07, 6.45) is 4.29. The molecule has 0 saturated heterocycles. The number of aromatic nitrogens is 1. The van der Waals surface area contributed by atoms with E-state index < -0.39 is 0 Å². The van der Waals surface area contributed by atoms with Gasteiger partial charge in [-0.2, -0.15) is 0 Å². The van der Waals surface area contributed by atoms with E-state index in [9.17, 15) is 0 Å². The molecule has 1 N–H and O–H groups in total. The highest BCUT2D eigenvalue weighted by molar-refractivity contribution is 5.80. The van der Waals surface area contributed by atoms with E-state index in [0.717, 1.165) is 12.1 Å². The van der Waals surface area contributed by atoms with Gasteiger partial charge in [0.25, 0.3) is 0 Å². The zero-order valence-electron chi connectivity index (χ0n) is 9.77. The van der Waals surface area contributed by atoms with Crippen molar-refractivity contribution in [3.8, 4) is 0 Å². The van der Waals surface area contributed by atoms with E-state index in [4.69, 9.17) is 5.11 Å². The number of nitrogens with zero attached hydrogens (tertiary/aromatic N) is 1. The van der Waals surface area contributed by atoms with Crippen molar-refractivity contribution in [3.63, 3.8) is 0 Å². The van der Waals surface area contributed by atoms with Crippen molar-refractivity contribution in [2.24, 2.45) is 0 Å². The summed E-state index contributed by atoms with van der Waals surface area (Å²) in [5.41, 5.74) is 3.47. The zero-order chi connectivity index (χ0) is 11.5. The first kappa shape index (κ1) is 11.0. The molecule has 0 unspecified atom stereocenters. The summed E-state index contributed by atoms with van der Waals surface area (Å²) in [6, 6.07) is 8.18. The van der Waals surface area contributed by atoms with E-state index in [1.807, 2.05) is 12.1 Å². The maximum atomic E-state index is 9.12. The first-order chi connectivity index (χ1) is 7.70. The van der Waals surface area contributed by atoms with Crippen molar-refractivity contribution in [1.82, 2.24) is 4.57 Å². The largest absolute Gasteiger partial charge is 0.392 e. The molecular weight excluding hydrogens is 198 g/mol. The lowest BCUT2D eigenvalue weighted by atomic mass is 10.2. The van der Waals surface area contributed by atoms with Gasteiger partial charge in [-0.15, -0.1) is 0 Å². The van der Waals surface area contributed by atoms with Gasteiger partial charge in [0, 0.05) is 18.3 Å². The molecule has 84 valence electrons. The molecule has 1 aromatic heterocycles. The molecule has 1 aromatic carbocycles. The zero-order valence-corrected chi connectivity index (χ0v) is 9.77. The Morgan fingerprint density at radius 3 is 2.81 bits per heavy atom. The molecule has 2 aromatic rings. The second-order valence-corrected chi connectivity index (χ2v) is 4.30. The summed E-state index contributed by atoms with van der Waals surface area (Å²) in [7, 11) is 0.